The maximum atomic E-state index is 14.4. The van der Waals surface area contributed by atoms with Gasteiger partial charge < -0.3 is 0 Å². The van der Waals surface area contributed by atoms with Crippen LogP contribution in [0.3, 0.4) is 0 Å². The van der Waals surface area contributed by atoms with E-state index in [0.717, 1.165) is 36.7 Å². The van der Waals surface area contributed by atoms with Crippen LogP contribution in [0.15, 0.2) is 0 Å². The topological polar surface area (TPSA) is 92.9 Å². The van der Waals surface area contributed by atoms with E-state index >= 15 is 0 Å². The number of aliphatic carboxylic acids is 1. The molecule has 1 amide bonds. The normalized spacial score (nSPS) is 12.0. The molecule has 0 fully saturated rings. The first kappa shape index (κ1) is 18.7. The SMILES string of the molecule is COc1c(F)c([At])c(C(=O)N(C)C)c(CC(N)C(=O)O)c1F. The van der Waals surface area contributed by atoms with Crippen LogP contribution in [0.4, 0.5) is 8.78 Å². The number of carboxylic acids is 1. The molecule has 9 heteroatoms. The fourth-order valence-corrected chi connectivity index (χ4v) is 2.90. The second kappa shape index (κ2) is 7.28. The van der Waals surface area contributed by atoms with Gasteiger partial charge in [0.15, 0.2) is 0 Å². The number of nitrogens with zero attached hydrogens (tertiary/aromatic N) is 1. The summed E-state index contributed by atoms with van der Waals surface area (Å²) in [6, 6.07) is -1.43. The van der Waals surface area contributed by atoms with E-state index in [0.29, 0.717) is 0 Å². The van der Waals surface area contributed by atoms with E-state index in [1.165, 1.54) is 14.1 Å². The van der Waals surface area contributed by atoms with Gasteiger partial charge in [0.2, 0.25) is 0 Å². The van der Waals surface area contributed by atoms with Gasteiger partial charge >= 0.3 is 141 Å². The van der Waals surface area contributed by atoms with Crippen LogP contribution in [0.25, 0.3) is 0 Å². The summed E-state index contributed by atoms with van der Waals surface area (Å²) < 4.78 is 33.2. The molecule has 6 nitrogen and oxygen atoms in total. The van der Waals surface area contributed by atoms with E-state index in [1.807, 2.05) is 0 Å². The molecule has 1 aromatic carbocycles. The Balaban J connectivity index is 3.65. The molecule has 1 rings (SSSR count). The molecule has 0 aromatic heterocycles. The van der Waals surface area contributed by atoms with Crippen molar-refractivity contribution in [2.45, 2.75) is 12.5 Å². The number of carboxylic acid groups (broad SMARTS) is 1. The van der Waals surface area contributed by atoms with Gasteiger partial charge in [0.1, 0.15) is 0 Å². The number of nitrogens with two attached hydrogens (primary N) is 1. The average Bonchev–Trinajstić information content (AvgIpc) is 2.44. The van der Waals surface area contributed by atoms with Crippen LogP contribution in [0.2, 0.25) is 0 Å². The summed E-state index contributed by atoms with van der Waals surface area (Å²) in [5, 5.41) is 8.88. The number of ether oxygens (including phenoxy) is 1. The predicted octanol–water partition coefficient (Wildman–Crippen LogP) is -0.196. The Bertz CT molecular complexity index is 623. The summed E-state index contributed by atoms with van der Waals surface area (Å²) in [5.41, 5.74) is 4.95. The van der Waals surface area contributed by atoms with Gasteiger partial charge in [0, 0.05) is 0 Å². The summed E-state index contributed by atoms with van der Waals surface area (Å²) in [6.07, 6.45) is -0.456. The molecule has 0 radical (unpaired) electrons. The molecule has 1 atom stereocenters. The molecular formula is C13H15AtF2N2O4. The van der Waals surface area contributed by atoms with Crippen LogP contribution >= 0.6 is 0 Å². The molecule has 0 bridgehead atoms. The first-order chi connectivity index (χ1) is 10.1. The van der Waals surface area contributed by atoms with Crippen molar-refractivity contribution in [2.75, 3.05) is 21.2 Å². The van der Waals surface area contributed by atoms with Crippen molar-refractivity contribution in [3.05, 3.63) is 22.8 Å². The fourth-order valence-electron chi connectivity index (χ4n) is 1.81. The molecule has 122 valence electrons. The van der Waals surface area contributed by atoms with Crippen molar-refractivity contribution >= 4 is 15.1 Å². The van der Waals surface area contributed by atoms with Crippen molar-refractivity contribution in [1.82, 2.24) is 4.90 Å². The number of carbonyl (C=O) groups excluding carboxylic acids is 1. The fraction of sp³-hybridized carbons (Fsp3) is 0.385. The van der Waals surface area contributed by atoms with Gasteiger partial charge in [-0.2, -0.15) is 0 Å². The van der Waals surface area contributed by atoms with Crippen LogP contribution in [-0.2, 0) is 11.2 Å². The molecule has 0 aliphatic heterocycles. The number of hydrogen-bond donors (Lipinski definition) is 2. The van der Waals surface area contributed by atoms with Gasteiger partial charge in [0.05, 0.1) is 0 Å². The first-order valence-electron chi connectivity index (χ1n) is 6.06. The number of amides is 1. The Labute approximate surface area is 141 Å². The number of benzene rings is 1. The van der Waals surface area contributed by atoms with E-state index < -0.39 is 41.7 Å². The van der Waals surface area contributed by atoms with Crippen molar-refractivity contribution in [2.24, 2.45) is 5.73 Å². The summed E-state index contributed by atoms with van der Waals surface area (Å²) in [7, 11) is 3.94. The number of hydrogen-bond acceptors (Lipinski definition) is 4. The summed E-state index contributed by atoms with van der Waals surface area (Å²) in [6.45, 7) is 0. The van der Waals surface area contributed by atoms with Crippen molar-refractivity contribution in [1.29, 1.82) is 0 Å². The molecule has 0 aliphatic rings. The third-order valence-electron chi connectivity index (χ3n) is 2.94. The predicted molar refractivity (Wildman–Crippen MR) is 69.9 cm³/mol. The quantitative estimate of drug-likeness (QED) is 0.572. The molecular weight excluding hydrogens is 496 g/mol. The molecule has 0 spiro atoms. The van der Waals surface area contributed by atoms with Crippen LogP contribution in [0.1, 0.15) is 15.9 Å². The van der Waals surface area contributed by atoms with Crippen LogP contribution in [0.5, 0.6) is 5.75 Å². The maximum absolute atomic E-state index is 14.4. The minimum atomic E-state index is -1.43. The zero-order chi connectivity index (χ0) is 17.2. The van der Waals surface area contributed by atoms with Gasteiger partial charge in [0.25, 0.3) is 0 Å². The second-order valence-electron chi connectivity index (χ2n) is 4.68. The standard InChI is InChI=1S/C13H15AtF2N2O4/c1-18(2)12(19)7-5(4-6(17)13(20)21)9(15)11(22-3)10(16)8(7)14/h6H,4,17H2,1-3H3,(H,20,21). The molecule has 0 saturated carbocycles. The zero-order valence-electron chi connectivity index (χ0n) is 12.1. The molecule has 1 aromatic rings. The molecule has 3 N–H and O–H groups in total. The van der Waals surface area contributed by atoms with E-state index in [9.17, 15) is 18.4 Å². The zero-order valence-corrected chi connectivity index (χ0v) is 15.1. The number of halogens is 2. The summed E-state index contributed by atoms with van der Waals surface area (Å²) in [4.78, 5) is 24.3. The second-order valence-corrected chi connectivity index (χ2v) is 6.15. The Morgan fingerprint density at radius 2 is 1.91 bits per heavy atom. The Kier molecular flexibility index (Phi) is 6.20. The van der Waals surface area contributed by atoms with Crippen LogP contribution in [-0.4, -0.2) is 49.1 Å². The van der Waals surface area contributed by atoms with Gasteiger partial charge in [-0.3, -0.25) is 0 Å². The van der Waals surface area contributed by atoms with E-state index in [1.54, 1.807) is 0 Å². The van der Waals surface area contributed by atoms with Gasteiger partial charge in [-0.25, -0.2) is 0 Å². The first-order valence-corrected chi connectivity index (χ1v) is 7.53. The number of rotatable bonds is 5. The Morgan fingerprint density at radius 3 is 2.32 bits per heavy atom. The van der Waals surface area contributed by atoms with Gasteiger partial charge in [-0.1, -0.05) is 0 Å². The third kappa shape index (κ3) is 3.52. The third-order valence-corrected chi connectivity index (χ3v) is 4.32. The molecule has 0 heterocycles. The van der Waals surface area contributed by atoms with Crippen LogP contribution < -0.4 is 13.7 Å². The van der Waals surface area contributed by atoms with Crippen molar-refractivity contribution in [3.63, 3.8) is 0 Å². The van der Waals surface area contributed by atoms with Crippen LogP contribution in [0, 0.1) is 36.4 Å². The van der Waals surface area contributed by atoms with Crippen molar-refractivity contribution < 1.29 is 52.9 Å². The number of carbonyl (C=O) groups is 2. The Hall–Kier alpha value is -1.34. The summed E-state index contributed by atoms with van der Waals surface area (Å²) in [5.74, 6) is -4.73. The van der Waals surface area contributed by atoms with E-state index in [4.69, 9.17) is 10.8 Å². The molecule has 22 heavy (non-hydrogen) atoms. The van der Waals surface area contributed by atoms with Crippen molar-refractivity contribution in [3.8, 4) is 5.75 Å². The average molecular weight is 511 g/mol. The minimum absolute atomic E-state index is 0.0652. The van der Waals surface area contributed by atoms with E-state index in [2.05, 4.69) is 4.74 Å². The van der Waals surface area contributed by atoms with Gasteiger partial charge in [-0.15, -0.1) is 0 Å². The Morgan fingerprint density at radius 1 is 1.36 bits per heavy atom. The summed E-state index contributed by atoms with van der Waals surface area (Å²) >= 11 is 0.821. The molecule has 0 aliphatic carbocycles. The monoisotopic (exact) mass is 511 g/mol. The van der Waals surface area contributed by atoms with E-state index in [-0.39, 0.29) is 14.4 Å². The van der Waals surface area contributed by atoms with Gasteiger partial charge in [-0.05, 0) is 0 Å². The molecule has 0 saturated heterocycles. The number of methoxy groups -OCH3 is 1. The molecule has 1 unspecified atom stereocenters.